The molecule has 42 heavy (non-hydrogen) atoms. The molecule has 13 heteroatoms. The lowest BCUT2D eigenvalue weighted by Crippen LogP contribution is -2.39. The standard InChI is InChI=1S/C13H22N.C9H9N3O2S2.C7H5NO3S/c1-4-5-11-14(2,3)12-13-9-7-6-8-10-13;10-7-1-3-8(4-2-7)16(13,14)12-9-11-5-6-15-9;9-7-5-3-1-2-4-6(5)12(10,11)8-7/h6-10H,4-5,11-12H2,1-3H3;1-6H,10H2,(H,11,12);1-4H,(H,8,9)/q+1;;/p-1. The maximum Gasteiger partial charge on any atom is 0.282 e. The fourth-order valence-electron chi connectivity index (χ4n) is 3.91. The summed E-state index contributed by atoms with van der Waals surface area (Å²) in [6.07, 6.45) is 4.14. The summed E-state index contributed by atoms with van der Waals surface area (Å²) in [6.45, 7) is 4.66. The van der Waals surface area contributed by atoms with Crippen LogP contribution in [0.4, 0.5) is 10.8 Å². The van der Waals surface area contributed by atoms with Gasteiger partial charge in [0.05, 0.1) is 30.4 Å². The van der Waals surface area contributed by atoms with Crippen LogP contribution in [0.2, 0.25) is 0 Å². The second kappa shape index (κ2) is 14.4. The molecule has 0 radical (unpaired) electrons. The minimum absolute atomic E-state index is 0.00926. The highest BCUT2D eigenvalue weighted by Gasteiger charge is 2.23. The maximum absolute atomic E-state index is 11.8. The predicted octanol–water partition coefficient (Wildman–Crippen LogP) is 4.09. The minimum atomic E-state index is -3.68. The Kier molecular flexibility index (Phi) is 11.2. The first-order chi connectivity index (χ1) is 19.8. The number of unbranched alkanes of at least 4 members (excludes halogenated alkanes) is 1. The molecule has 1 aliphatic heterocycles. The summed E-state index contributed by atoms with van der Waals surface area (Å²) >= 11 is 1.22. The molecule has 2 heterocycles. The molecule has 1 aromatic heterocycles. The average molecular weight is 630 g/mol. The summed E-state index contributed by atoms with van der Waals surface area (Å²) in [7, 11) is -2.62. The Balaban J connectivity index is 0.000000175. The van der Waals surface area contributed by atoms with E-state index in [2.05, 4.69) is 65.5 Å². The molecule has 4 aromatic rings. The predicted molar refractivity (Wildman–Crippen MR) is 166 cm³/mol. The van der Waals surface area contributed by atoms with Crippen LogP contribution in [0.15, 0.2) is 105 Å². The molecule has 0 saturated carbocycles. The molecule has 0 aliphatic carbocycles. The first-order valence-electron chi connectivity index (χ1n) is 13.1. The van der Waals surface area contributed by atoms with Crippen molar-refractivity contribution in [2.75, 3.05) is 31.1 Å². The zero-order valence-corrected chi connectivity index (χ0v) is 26.1. The van der Waals surface area contributed by atoms with Gasteiger partial charge in [0.1, 0.15) is 6.54 Å². The Morgan fingerprint density at radius 3 is 2.21 bits per heavy atom. The Labute approximate surface area is 251 Å². The molecule has 3 N–H and O–H groups in total. The number of thiazole rings is 1. The van der Waals surface area contributed by atoms with Crippen LogP contribution >= 0.6 is 11.3 Å². The normalized spacial score (nSPS) is 13.5. The fourth-order valence-corrected chi connectivity index (χ4v) is 6.80. The largest absolute Gasteiger partial charge is 0.858 e. The molecule has 0 fully saturated rings. The number of nitrogens with zero attached hydrogens (tertiary/aromatic N) is 3. The van der Waals surface area contributed by atoms with Crippen LogP contribution in [0, 0.1) is 0 Å². The van der Waals surface area contributed by atoms with E-state index in [9.17, 15) is 21.9 Å². The van der Waals surface area contributed by atoms with Crippen molar-refractivity contribution in [3.05, 3.63) is 102 Å². The topological polar surface area (TPSA) is 155 Å². The SMILES string of the molecule is CCCC[N+](C)(C)Cc1ccccc1.Nc1ccc(S(=O)(=O)Nc2nccs2)cc1.O=S1(=O)N=C([O-])c2ccccc21. The number of quaternary nitrogens is 1. The summed E-state index contributed by atoms with van der Waals surface area (Å²) in [5.74, 6) is -0.675. The van der Waals surface area contributed by atoms with Crippen molar-refractivity contribution >= 4 is 48.1 Å². The molecular weight excluding hydrogens is 595 g/mol. The lowest BCUT2D eigenvalue weighted by Gasteiger charge is -2.29. The first kappa shape index (κ1) is 32.7. The van der Waals surface area contributed by atoms with E-state index in [0.717, 1.165) is 11.0 Å². The molecule has 0 bridgehead atoms. The molecule has 3 aromatic carbocycles. The Morgan fingerprint density at radius 1 is 0.976 bits per heavy atom. The highest BCUT2D eigenvalue weighted by molar-refractivity contribution is 7.93. The zero-order chi connectivity index (χ0) is 30.8. The third-order valence-electron chi connectivity index (χ3n) is 6.01. The number of sulfonamides is 2. The molecule has 0 amide bonds. The van der Waals surface area contributed by atoms with Gasteiger partial charge in [-0.25, -0.2) is 13.4 Å². The second-order valence-electron chi connectivity index (χ2n) is 10.0. The molecule has 0 spiro atoms. The number of nitrogens with one attached hydrogen (secondary N) is 1. The van der Waals surface area contributed by atoms with Crippen molar-refractivity contribution in [3.63, 3.8) is 0 Å². The van der Waals surface area contributed by atoms with Gasteiger partial charge in [0, 0.05) is 34.3 Å². The van der Waals surface area contributed by atoms with E-state index >= 15 is 0 Å². The van der Waals surface area contributed by atoms with E-state index < -0.39 is 25.9 Å². The van der Waals surface area contributed by atoms with Gasteiger partial charge >= 0.3 is 0 Å². The van der Waals surface area contributed by atoms with E-state index in [1.165, 1.54) is 78.9 Å². The number of hydrogen-bond donors (Lipinski definition) is 2. The van der Waals surface area contributed by atoms with Crippen molar-refractivity contribution in [1.82, 2.24) is 4.98 Å². The number of rotatable bonds is 8. The van der Waals surface area contributed by atoms with Gasteiger partial charge in [-0.15, -0.1) is 11.3 Å². The van der Waals surface area contributed by atoms with Crippen molar-refractivity contribution in [2.24, 2.45) is 4.40 Å². The van der Waals surface area contributed by atoms with Gasteiger partial charge in [-0.3, -0.25) is 4.72 Å². The Hall–Kier alpha value is -3.78. The summed E-state index contributed by atoms with van der Waals surface area (Å²) < 4.78 is 52.3. The van der Waals surface area contributed by atoms with Gasteiger partial charge in [0.15, 0.2) is 5.13 Å². The Morgan fingerprint density at radius 2 is 1.62 bits per heavy atom. The van der Waals surface area contributed by atoms with Crippen molar-refractivity contribution in [2.45, 2.75) is 36.1 Å². The van der Waals surface area contributed by atoms with Crippen molar-refractivity contribution in [1.29, 1.82) is 0 Å². The number of anilines is 2. The van der Waals surface area contributed by atoms with Crippen LogP contribution < -0.4 is 15.6 Å². The monoisotopic (exact) mass is 629 g/mol. The van der Waals surface area contributed by atoms with Gasteiger partial charge in [-0.05, 0) is 36.8 Å². The van der Waals surface area contributed by atoms with E-state index in [1.54, 1.807) is 17.5 Å². The summed E-state index contributed by atoms with van der Waals surface area (Å²) in [4.78, 5) is 4.02. The number of hydrogen-bond acceptors (Lipinski definition) is 8. The van der Waals surface area contributed by atoms with E-state index in [4.69, 9.17) is 5.73 Å². The van der Waals surface area contributed by atoms with Crippen LogP contribution in [0.5, 0.6) is 0 Å². The van der Waals surface area contributed by atoms with Gasteiger partial charge in [-0.2, -0.15) is 12.8 Å². The maximum atomic E-state index is 11.8. The van der Waals surface area contributed by atoms with Gasteiger partial charge in [0.25, 0.3) is 20.0 Å². The fraction of sp³-hybridized carbons (Fsp3) is 0.241. The quantitative estimate of drug-likeness (QED) is 0.220. The zero-order valence-electron chi connectivity index (χ0n) is 23.7. The van der Waals surface area contributed by atoms with Crippen LogP contribution in [0.3, 0.4) is 0 Å². The van der Waals surface area contributed by atoms with Crippen LogP contribution in [0.1, 0.15) is 30.9 Å². The van der Waals surface area contributed by atoms with E-state index in [0.29, 0.717) is 10.8 Å². The van der Waals surface area contributed by atoms with Gasteiger partial charge in [-0.1, -0.05) is 61.9 Å². The van der Waals surface area contributed by atoms with Gasteiger partial charge < -0.3 is 15.3 Å². The van der Waals surface area contributed by atoms with E-state index in [-0.39, 0.29) is 15.4 Å². The van der Waals surface area contributed by atoms with Gasteiger partial charge in [0.2, 0.25) is 0 Å². The highest BCUT2D eigenvalue weighted by Crippen LogP contribution is 2.23. The molecule has 0 saturated heterocycles. The highest BCUT2D eigenvalue weighted by atomic mass is 32.2. The molecule has 224 valence electrons. The lowest BCUT2D eigenvalue weighted by molar-refractivity contribution is -0.903. The minimum Gasteiger partial charge on any atom is -0.858 e. The molecule has 0 unspecified atom stereocenters. The number of benzene rings is 3. The van der Waals surface area contributed by atoms with Crippen LogP contribution in [0.25, 0.3) is 0 Å². The molecule has 5 rings (SSSR count). The molecule has 10 nitrogen and oxygen atoms in total. The van der Waals surface area contributed by atoms with Crippen molar-refractivity contribution < 1.29 is 26.4 Å². The van der Waals surface area contributed by atoms with Crippen molar-refractivity contribution in [3.8, 4) is 0 Å². The number of fused-ring (bicyclic) bond motifs is 1. The molecular formula is C29H35N5O5S3. The van der Waals surface area contributed by atoms with Crippen LogP contribution in [-0.4, -0.2) is 52.8 Å². The number of aromatic nitrogens is 1. The first-order valence-corrected chi connectivity index (χ1v) is 16.9. The summed E-state index contributed by atoms with van der Waals surface area (Å²) in [5, 5.41) is 13.0. The second-order valence-corrected chi connectivity index (χ2v) is 14.2. The summed E-state index contributed by atoms with van der Waals surface area (Å²) in [6, 6.07) is 22.7. The third kappa shape index (κ3) is 9.65. The van der Waals surface area contributed by atoms with Crippen LogP contribution in [-0.2, 0) is 26.6 Å². The average Bonchev–Trinajstić information content (AvgIpc) is 3.53. The molecule has 0 atom stereocenters. The summed E-state index contributed by atoms with van der Waals surface area (Å²) in [5.41, 5.74) is 7.60. The smallest absolute Gasteiger partial charge is 0.282 e. The Bertz CT molecular complexity index is 1670. The third-order valence-corrected chi connectivity index (χ3v) is 9.50. The number of nitrogens with two attached hydrogens (primary N) is 1. The molecule has 1 aliphatic rings. The lowest BCUT2D eigenvalue weighted by atomic mass is 10.2. The van der Waals surface area contributed by atoms with E-state index in [1.807, 2.05) is 0 Å². The number of nitrogen functional groups attached to an aromatic ring is 1.